The molecule has 0 N–H and O–H groups in total. The Labute approximate surface area is 72.9 Å². The Bertz CT molecular complexity index is 328. The van der Waals surface area contributed by atoms with Crippen LogP contribution in [0.1, 0.15) is 11.1 Å². The Morgan fingerprint density at radius 1 is 1.36 bits per heavy atom. The number of fused-ring (bicyclic) bond motifs is 1. The molecule has 0 saturated heterocycles. The van der Waals surface area contributed by atoms with Crippen LogP contribution in [0.2, 0.25) is 0 Å². The highest BCUT2D eigenvalue weighted by Gasteiger charge is 2.14. The zero-order chi connectivity index (χ0) is 7.84. The minimum atomic E-state index is -0.0960. The van der Waals surface area contributed by atoms with Crippen LogP contribution in [0, 0.1) is 0 Å². The van der Waals surface area contributed by atoms with Crippen LogP contribution >= 0.6 is 15.9 Å². The molecule has 0 aliphatic heterocycles. The van der Waals surface area contributed by atoms with E-state index in [0.717, 1.165) is 15.6 Å². The molecule has 1 aliphatic carbocycles. The molecule has 11 heavy (non-hydrogen) atoms. The SMILES string of the molecule is FC1=CCc2c(Br)cccc21. The van der Waals surface area contributed by atoms with Gasteiger partial charge in [-0.05, 0) is 24.1 Å². The first kappa shape index (κ1) is 7.04. The maximum atomic E-state index is 12.9. The highest BCUT2D eigenvalue weighted by Crippen LogP contribution is 2.32. The average molecular weight is 213 g/mol. The summed E-state index contributed by atoms with van der Waals surface area (Å²) < 4.78 is 13.9. The van der Waals surface area contributed by atoms with Gasteiger partial charge in [0.15, 0.2) is 0 Å². The number of allylic oxidation sites excluding steroid dienone is 1. The monoisotopic (exact) mass is 212 g/mol. The van der Waals surface area contributed by atoms with Crippen molar-refractivity contribution >= 4 is 21.8 Å². The first-order valence-corrected chi connectivity index (χ1v) is 4.22. The Balaban J connectivity index is 2.64. The van der Waals surface area contributed by atoms with Crippen LogP contribution in [0.5, 0.6) is 0 Å². The van der Waals surface area contributed by atoms with Crippen LogP contribution in [0.15, 0.2) is 28.7 Å². The quantitative estimate of drug-likeness (QED) is 0.620. The zero-order valence-electron chi connectivity index (χ0n) is 5.77. The lowest BCUT2D eigenvalue weighted by molar-refractivity contribution is 0.762. The maximum Gasteiger partial charge on any atom is 0.127 e. The molecule has 1 aliphatic rings. The topological polar surface area (TPSA) is 0 Å². The molecule has 0 heterocycles. The third-order valence-electron chi connectivity index (χ3n) is 1.86. The molecule has 0 bridgehead atoms. The molecule has 0 fully saturated rings. The Morgan fingerprint density at radius 2 is 2.18 bits per heavy atom. The van der Waals surface area contributed by atoms with E-state index in [4.69, 9.17) is 0 Å². The van der Waals surface area contributed by atoms with Crippen molar-refractivity contribution in [2.45, 2.75) is 6.42 Å². The number of benzene rings is 1. The first-order valence-electron chi connectivity index (χ1n) is 3.42. The Kier molecular flexibility index (Phi) is 1.57. The molecule has 1 aromatic rings. The van der Waals surface area contributed by atoms with E-state index in [1.54, 1.807) is 12.1 Å². The second-order valence-electron chi connectivity index (χ2n) is 2.52. The van der Waals surface area contributed by atoms with Crippen LogP contribution in [0.25, 0.3) is 5.83 Å². The van der Waals surface area contributed by atoms with Gasteiger partial charge in [0.25, 0.3) is 0 Å². The summed E-state index contributed by atoms with van der Waals surface area (Å²) in [7, 11) is 0. The number of halogens is 2. The molecule has 0 aromatic heterocycles. The number of hydrogen-bond acceptors (Lipinski definition) is 0. The average Bonchev–Trinajstić information content (AvgIpc) is 2.35. The standard InChI is InChI=1S/C9H6BrF/c10-8-3-1-2-7-6(8)4-5-9(7)11/h1-3,5H,4H2. The summed E-state index contributed by atoms with van der Waals surface area (Å²) in [4.78, 5) is 0. The molecule has 0 saturated carbocycles. The van der Waals surface area contributed by atoms with Crippen LogP contribution in [-0.4, -0.2) is 0 Å². The Hall–Kier alpha value is -0.630. The van der Waals surface area contributed by atoms with E-state index in [9.17, 15) is 4.39 Å². The molecule has 1 aromatic carbocycles. The van der Waals surface area contributed by atoms with Crippen molar-refractivity contribution in [2.75, 3.05) is 0 Å². The van der Waals surface area contributed by atoms with Gasteiger partial charge in [0.2, 0.25) is 0 Å². The molecule has 0 radical (unpaired) electrons. The van der Waals surface area contributed by atoms with Gasteiger partial charge in [-0.2, -0.15) is 0 Å². The minimum Gasteiger partial charge on any atom is -0.207 e. The van der Waals surface area contributed by atoms with Gasteiger partial charge in [-0.25, -0.2) is 4.39 Å². The van der Waals surface area contributed by atoms with Crippen molar-refractivity contribution in [1.82, 2.24) is 0 Å². The van der Waals surface area contributed by atoms with Gasteiger partial charge in [0.05, 0.1) is 0 Å². The fourth-order valence-electron chi connectivity index (χ4n) is 1.29. The van der Waals surface area contributed by atoms with Gasteiger partial charge in [-0.1, -0.05) is 28.1 Å². The van der Waals surface area contributed by atoms with E-state index in [-0.39, 0.29) is 5.83 Å². The van der Waals surface area contributed by atoms with Crippen LogP contribution in [0.3, 0.4) is 0 Å². The molecular weight excluding hydrogens is 207 g/mol. The van der Waals surface area contributed by atoms with E-state index in [0.29, 0.717) is 6.42 Å². The minimum absolute atomic E-state index is 0.0960. The van der Waals surface area contributed by atoms with Gasteiger partial charge < -0.3 is 0 Å². The van der Waals surface area contributed by atoms with Crippen molar-refractivity contribution in [3.63, 3.8) is 0 Å². The van der Waals surface area contributed by atoms with E-state index < -0.39 is 0 Å². The molecule has 2 heteroatoms. The summed E-state index contributed by atoms with van der Waals surface area (Å²) in [5.74, 6) is -0.0960. The van der Waals surface area contributed by atoms with Crippen molar-refractivity contribution in [3.8, 4) is 0 Å². The third kappa shape index (κ3) is 1.02. The van der Waals surface area contributed by atoms with Gasteiger partial charge >= 0.3 is 0 Å². The molecular formula is C9H6BrF. The van der Waals surface area contributed by atoms with Crippen LogP contribution < -0.4 is 0 Å². The summed E-state index contributed by atoms with van der Waals surface area (Å²) in [6.07, 6.45) is 2.32. The van der Waals surface area contributed by atoms with Gasteiger partial charge in [-0.3, -0.25) is 0 Å². The lowest BCUT2D eigenvalue weighted by Crippen LogP contribution is -1.82. The molecule has 0 atom stereocenters. The fraction of sp³-hybridized carbons (Fsp3) is 0.111. The predicted octanol–water partition coefficient (Wildman–Crippen LogP) is 3.32. The lowest BCUT2D eigenvalue weighted by atomic mass is 10.1. The van der Waals surface area contributed by atoms with E-state index in [2.05, 4.69) is 15.9 Å². The van der Waals surface area contributed by atoms with Crippen molar-refractivity contribution in [2.24, 2.45) is 0 Å². The number of rotatable bonds is 0. The first-order chi connectivity index (χ1) is 5.29. The lowest BCUT2D eigenvalue weighted by Gasteiger charge is -2.00. The summed E-state index contributed by atoms with van der Waals surface area (Å²) in [5, 5.41) is 0. The smallest absolute Gasteiger partial charge is 0.127 e. The predicted molar refractivity (Wildman–Crippen MR) is 46.9 cm³/mol. The van der Waals surface area contributed by atoms with E-state index in [1.165, 1.54) is 0 Å². The molecule has 0 spiro atoms. The zero-order valence-corrected chi connectivity index (χ0v) is 7.36. The van der Waals surface area contributed by atoms with Crippen LogP contribution in [0.4, 0.5) is 4.39 Å². The summed E-state index contributed by atoms with van der Waals surface area (Å²) in [6.45, 7) is 0. The molecule has 0 unspecified atom stereocenters. The highest BCUT2D eigenvalue weighted by atomic mass is 79.9. The van der Waals surface area contributed by atoms with Gasteiger partial charge in [-0.15, -0.1) is 0 Å². The summed E-state index contributed by atoms with van der Waals surface area (Å²) in [6, 6.07) is 5.59. The van der Waals surface area contributed by atoms with Crippen molar-refractivity contribution < 1.29 is 4.39 Å². The second-order valence-corrected chi connectivity index (χ2v) is 3.38. The highest BCUT2D eigenvalue weighted by molar-refractivity contribution is 9.10. The molecule has 0 amide bonds. The summed E-state index contributed by atoms with van der Waals surface area (Å²) in [5.41, 5.74) is 1.80. The normalized spacial score (nSPS) is 14.5. The molecule has 56 valence electrons. The van der Waals surface area contributed by atoms with Crippen LogP contribution in [-0.2, 0) is 6.42 Å². The van der Waals surface area contributed by atoms with Gasteiger partial charge in [0, 0.05) is 10.0 Å². The molecule has 0 nitrogen and oxygen atoms in total. The Morgan fingerprint density at radius 3 is 2.91 bits per heavy atom. The van der Waals surface area contributed by atoms with Crippen molar-refractivity contribution in [3.05, 3.63) is 39.9 Å². The van der Waals surface area contributed by atoms with E-state index >= 15 is 0 Å². The maximum absolute atomic E-state index is 12.9. The number of hydrogen-bond donors (Lipinski definition) is 0. The largest absolute Gasteiger partial charge is 0.207 e. The fourth-order valence-corrected chi connectivity index (χ4v) is 1.82. The molecule has 2 rings (SSSR count). The second kappa shape index (κ2) is 2.45. The third-order valence-corrected chi connectivity index (χ3v) is 2.60. The van der Waals surface area contributed by atoms with Gasteiger partial charge in [0.1, 0.15) is 5.83 Å². The van der Waals surface area contributed by atoms with E-state index in [1.807, 2.05) is 12.1 Å². The summed E-state index contributed by atoms with van der Waals surface area (Å²) >= 11 is 3.37. The van der Waals surface area contributed by atoms with Crippen molar-refractivity contribution in [1.29, 1.82) is 0 Å².